The Kier molecular flexibility index (Phi) is 5.29. The summed E-state index contributed by atoms with van der Waals surface area (Å²) in [6, 6.07) is 2.35. The molecule has 0 saturated heterocycles. The molecule has 0 spiro atoms. The summed E-state index contributed by atoms with van der Waals surface area (Å²) in [5.41, 5.74) is 1.35. The molecular formula is C12H20N2. The monoisotopic (exact) mass is 192 g/mol. The average molecular weight is 192 g/mol. The van der Waals surface area contributed by atoms with E-state index in [2.05, 4.69) is 18.0 Å². The van der Waals surface area contributed by atoms with E-state index in [1.54, 1.807) is 0 Å². The first-order valence-electron chi connectivity index (χ1n) is 5.78. The van der Waals surface area contributed by atoms with E-state index in [0.29, 0.717) is 5.92 Å². The van der Waals surface area contributed by atoms with E-state index in [1.807, 2.05) is 0 Å². The molecule has 0 aromatic rings. The molecule has 0 radical (unpaired) electrons. The van der Waals surface area contributed by atoms with Crippen LogP contribution in [0.4, 0.5) is 0 Å². The van der Waals surface area contributed by atoms with E-state index in [4.69, 9.17) is 5.26 Å². The van der Waals surface area contributed by atoms with Gasteiger partial charge in [-0.25, -0.2) is 0 Å². The highest BCUT2D eigenvalue weighted by molar-refractivity contribution is 5.85. The number of unbranched alkanes of at least 4 members (excludes halogenated alkanes) is 2. The largest absolute Gasteiger partial charge is 0.294 e. The fourth-order valence-corrected chi connectivity index (χ4v) is 1.84. The van der Waals surface area contributed by atoms with Gasteiger partial charge < -0.3 is 0 Å². The lowest BCUT2D eigenvalue weighted by Gasteiger charge is -2.17. The normalized spacial score (nSPS) is 21.7. The highest BCUT2D eigenvalue weighted by Crippen LogP contribution is 2.21. The second-order valence-electron chi connectivity index (χ2n) is 4.06. The second-order valence-corrected chi connectivity index (χ2v) is 4.06. The molecule has 1 saturated carbocycles. The summed E-state index contributed by atoms with van der Waals surface area (Å²) in [7, 11) is 0. The van der Waals surface area contributed by atoms with Gasteiger partial charge in [0, 0.05) is 18.2 Å². The van der Waals surface area contributed by atoms with Crippen LogP contribution in [-0.4, -0.2) is 12.3 Å². The molecule has 0 amide bonds. The molecule has 14 heavy (non-hydrogen) atoms. The zero-order valence-corrected chi connectivity index (χ0v) is 9.13. The fourth-order valence-electron chi connectivity index (χ4n) is 1.84. The molecule has 78 valence electrons. The zero-order chi connectivity index (χ0) is 10.2. The minimum atomic E-state index is 0.296. The zero-order valence-electron chi connectivity index (χ0n) is 9.13. The van der Waals surface area contributed by atoms with Crippen molar-refractivity contribution in [2.45, 2.75) is 51.9 Å². The number of hydrogen-bond acceptors (Lipinski definition) is 2. The molecule has 0 aliphatic heterocycles. The Morgan fingerprint density at radius 2 is 2.07 bits per heavy atom. The number of aliphatic imine (C=N–C) groups is 1. The first kappa shape index (κ1) is 11.2. The fraction of sp³-hybridized carbons (Fsp3) is 0.833. The molecule has 0 aromatic carbocycles. The van der Waals surface area contributed by atoms with Crippen LogP contribution in [-0.2, 0) is 0 Å². The third kappa shape index (κ3) is 3.91. The quantitative estimate of drug-likeness (QED) is 0.629. The van der Waals surface area contributed by atoms with Crippen LogP contribution < -0.4 is 0 Å². The smallest absolute Gasteiger partial charge is 0.0656 e. The Bertz CT molecular complexity index is 215. The highest BCUT2D eigenvalue weighted by Gasteiger charge is 2.16. The van der Waals surface area contributed by atoms with Crippen molar-refractivity contribution in [3.8, 4) is 6.07 Å². The first-order valence-corrected chi connectivity index (χ1v) is 5.78. The van der Waals surface area contributed by atoms with Crippen LogP contribution in [0.1, 0.15) is 51.9 Å². The minimum Gasteiger partial charge on any atom is -0.294 e. The predicted molar refractivity (Wildman–Crippen MR) is 59.4 cm³/mol. The van der Waals surface area contributed by atoms with Crippen molar-refractivity contribution in [3.05, 3.63) is 0 Å². The Morgan fingerprint density at radius 1 is 1.36 bits per heavy atom. The maximum Gasteiger partial charge on any atom is 0.0656 e. The highest BCUT2D eigenvalue weighted by atomic mass is 14.7. The SMILES string of the molecule is CCCCCN=C1CCC(C#N)CC1. The summed E-state index contributed by atoms with van der Waals surface area (Å²) < 4.78 is 0. The molecule has 0 unspecified atom stereocenters. The molecule has 1 fully saturated rings. The van der Waals surface area contributed by atoms with E-state index in [1.165, 1.54) is 25.0 Å². The van der Waals surface area contributed by atoms with E-state index >= 15 is 0 Å². The summed E-state index contributed by atoms with van der Waals surface area (Å²) in [6.45, 7) is 3.21. The summed E-state index contributed by atoms with van der Waals surface area (Å²) in [5, 5.41) is 8.73. The Labute approximate surface area is 87.0 Å². The van der Waals surface area contributed by atoms with E-state index in [0.717, 1.165) is 32.2 Å². The summed E-state index contributed by atoms with van der Waals surface area (Å²) >= 11 is 0. The lowest BCUT2D eigenvalue weighted by molar-refractivity contribution is 0.543. The second kappa shape index (κ2) is 6.59. The maximum absolute atomic E-state index is 8.73. The molecule has 1 aliphatic rings. The van der Waals surface area contributed by atoms with E-state index in [9.17, 15) is 0 Å². The minimum absolute atomic E-state index is 0.296. The summed E-state index contributed by atoms with van der Waals surface area (Å²) in [5.74, 6) is 0.296. The Morgan fingerprint density at radius 3 is 2.64 bits per heavy atom. The standard InChI is InChI=1S/C12H20N2/c1-2-3-4-9-14-12-7-5-11(10-13)6-8-12/h11H,2-9H2,1H3. The van der Waals surface area contributed by atoms with Crippen molar-refractivity contribution >= 4 is 5.71 Å². The molecule has 1 aliphatic carbocycles. The van der Waals surface area contributed by atoms with Gasteiger partial charge in [0.15, 0.2) is 0 Å². The lowest BCUT2D eigenvalue weighted by atomic mass is 9.89. The topological polar surface area (TPSA) is 36.1 Å². The number of hydrogen-bond donors (Lipinski definition) is 0. The molecule has 0 bridgehead atoms. The molecular weight excluding hydrogens is 172 g/mol. The van der Waals surface area contributed by atoms with Crippen LogP contribution in [0.15, 0.2) is 4.99 Å². The molecule has 2 heteroatoms. The van der Waals surface area contributed by atoms with Crippen molar-refractivity contribution in [2.24, 2.45) is 10.9 Å². The van der Waals surface area contributed by atoms with Gasteiger partial charge in [0.1, 0.15) is 0 Å². The molecule has 0 atom stereocenters. The molecule has 0 heterocycles. The average Bonchev–Trinajstić information content (AvgIpc) is 2.25. The van der Waals surface area contributed by atoms with Crippen LogP contribution in [0.2, 0.25) is 0 Å². The van der Waals surface area contributed by atoms with E-state index < -0.39 is 0 Å². The molecule has 2 nitrogen and oxygen atoms in total. The summed E-state index contributed by atoms with van der Waals surface area (Å²) in [4.78, 5) is 4.60. The van der Waals surface area contributed by atoms with Crippen LogP contribution in [0.5, 0.6) is 0 Å². The van der Waals surface area contributed by atoms with Gasteiger partial charge in [-0.3, -0.25) is 4.99 Å². The van der Waals surface area contributed by atoms with Gasteiger partial charge in [0.2, 0.25) is 0 Å². The van der Waals surface area contributed by atoms with Gasteiger partial charge in [0.25, 0.3) is 0 Å². The van der Waals surface area contributed by atoms with Crippen LogP contribution >= 0.6 is 0 Å². The van der Waals surface area contributed by atoms with Gasteiger partial charge in [-0.05, 0) is 32.1 Å². The van der Waals surface area contributed by atoms with Crippen molar-refractivity contribution in [1.29, 1.82) is 5.26 Å². The number of nitrogens with zero attached hydrogens (tertiary/aromatic N) is 2. The third-order valence-corrected chi connectivity index (χ3v) is 2.84. The van der Waals surface area contributed by atoms with Gasteiger partial charge >= 0.3 is 0 Å². The van der Waals surface area contributed by atoms with Gasteiger partial charge in [-0.15, -0.1) is 0 Å². The molecule has 0 N–H and O–H groups in total. The summed E-state index contributed by atoms with van der Waals surface area (Å²) in [6.07, 6.45) is 7.96. The lowest BCUT2D eigenvalue weighted by Crippen LogP contribution is -2.13. The van der Waals surface area contributed by atoms with Crippen LogP contribution in [0.3, 0.4) is 0 Å². The van der Waals surface area contributed by atoms with Crippen LogP contribution in [0.25, 0.3) is 0 Å². The number of nitriles is 1. The van der Waals surface area contributed by atoms with Gasteiger partial charge in [-0.1, -0.05) is 19.8 Å². The van der Waals surface area contributed by atoms with Gasteiger partial charge in [0.05, 0.1) is 6.07 Å². The van der Waals surface area contributed by atoms with Crippen molar-refractivity contribution < 1.29 is 0 Å². The van der Waals surface area contributed by atoms with Crippen molar-refractivity contribution in [3.63, 3.8) is 0 Å². The molecule has 1 rings (SSSR count). The first-order chi connectivity index (χ1) is 6.86. The van der Waals surface area contributed by atoms with Crippen molar-refractivity contribution in [2.75, 3.05) is 6.54 Å². The van der Waals surface area contributed by atoms with Crippen molar-refractivity contribution in [1.82, 2.24) is 0 Å². The predicted octanol–water partition coefficient (Wildman–Crippen LogP) is 3.33. The van der Waals surface area contributed by atoms with E-state index in [-0.39, 0.29) is 0 Å². The Balaban J connectivity index is 2.17. The van der Waals surface area contributed by atoms with Gasteiger partial charge in [-0.2, -0.15) is 5.26 Å². The molecule has 0 aromatic heterocycles. The maximum atomic E-state index is 8.73. The number of rotatable bonds is 4. The third-order valence-electron chi connectivity index (χ3n) is 2.84. The Hall–Kier alpha value is -0.840. The van der Waals surface area contributed by atoms with Crippen LogP contribution in [0, 0.1) is 17.2 Å².